The number of pyridine rings is 1. The summed E-state index contributed by atoms with van der Waals surface area (Å²) in [6, 6.07) is 10.2. The predicted molar refractivity (Wildman–Crippen MR) is 83.5 cm³/mol. The van der Waals surface area contributed by atoms with E-state index < -0.39 is 0 Å². The third kappa shape index (κ3) is 3.99. The van der Waals surface area contributed by atoms with Crippen molar-refractivity contribution >= 4 is 23.0 Å². The van der Waals surface area contributed by atoms with Crippen LogP contribution in [0.5, 0.6) is 0 Å². The highest BCUT2D eigenvalue weighted by Gasteiger charge is 2.02. The summed E-state index contributed by atoms with van der Waals surface area (Å²) in [5.41, 5.74) is 8.36. The first-order valence-corrected chi connectivity index (χ1v) is 6.72. The molecule has 0 unspecified atom stereocenters. The number of anilines is 1. The van der Waals surface area contributed by atoms with Crippen LogP contribution in [0.4, 0.5) is 10.2 Å². The first kappa shape index (κ1) is 14.4. The van der Waals surface area contributed by atoms with Crippen LogP contribution in [-0.4, -0.2) is 16.5 Å². The number of aryl methyl sites for hydroxylation is 1. The Hall–Kier alpha value is -2.01. The van der Waals surface area contributed by atoms with Gasteiger partial charge < -0.3 is 11.1 Å². The number of halogens is 1. The van der Waals surface area contributed by atoms with Crippen LogP contribution in [0.1, 0.15) is 16.8 Å². The zero-order valence-corrected chi connectivity index (χ0v) is 12.0. The van der Waals surface area contributed by atoms with E-state index in [0.717, 1.165) is 29.1 Å². The Morgan fingerprint density at radius 2 is 2.00 bits per heavy atom. The summed E-state index contributed by atoms with van der Waals surface area (Å²) in [6.07, 6.45) is 0.790. The van der Waals surface area contributed by atoms with Gasteiger partial charge in [0, 0.05) is 17.8 Å². The van der Waals surface area contributed by atoms with Crippen molar-refractivity contribution in [2.24, 2.45) is 5.73 Å². The first-order chi connectivity index (χ1) is 9.54. The lowest BCUT2D eigenvalue weighted by Crippen LogP contribution is -2.12. The Bertz CT molecular complexity index is 611. The highest BCUT2D eigenvalue weighted by atomic mass is 32.1. The summed E-state index contributed by atoms with van der Waals surface area (Å²) in [7, 11) is 0. The van der Waals surface area contributed by atoms with Gasteiger partial charge in [0.05, 0.1) is 0 Å². The van der Waals surface area contributed by atoms with Crippen molar-refractivity contribution in [2.75, 3.05) is 11.9 Å². The van der Waals surface area contributed by atoms with Crippen molar-refractivity contribution in [3.05, 3.63) is 59.0 Å². The van der Waals surface area contributed by atoms with Crippen molar-refractivity contribution in [2.45, 2.75) is 13.3 Å². The van der Waals surface area contributed by atoms with Gasteiger partial charge in [-0.1, -0.05) is 24.4 Å². The van der Waals surface area contributed by atoms with Gasteiger partial charge in [-0.25, -0.2) is 9.37 Å². The Morgan fingerprint density at radius 3 is 2.65 bits per heavy atom. The van der Waals surface area contributed by atoms with Gasteiger partial charge in [0.2, 0.25) is 0 Å². The van der Waals surface area contributed by atoms with Crippen molar-refractivity contribution < 1.29 is 4.39 Å². The van der Waals surface area contributed by atoms with E-state index in [9.17, 15) is 4.39 Å². The molecule has 3 nitrogen and oxygen atoms in total. The molecule has 0 radical (unpaired) electrons. The molecule has 0 aliphatic rings. The fourth-order valence-corrected chi connectivity index (χ4v) is 2.01. The van der Waals surface area contributed by atoms with Gasteiger partial charge in [-0.05, 0) is 43.2 Å². The van der Waals surface area contributed by atoms with Gasteiger partial charge in [0.1, 0.15) is 16.6 Å². The average molecular weight is 289 g/mol. The van der Waals surface area contributed by atoms with E-state index in [1.54, 1.807) is 12.1 Å². The lowest BCUT2D eigenvalue weighted by Gasteiger charge is -2.08. The van der Waals surface area contributed by atoms with Crippen molar-refractivity contribution in [1.82, 2.24) is 4.98 Å². The Balaban J connectivity index is 1.97. The number of nitrogens with one attached hydrogen (secondary N) is 1. The molecule has 1 aromatic heterocycles. The molecular formula is C15H16FN3S. The zero-order chi connectivity index (χ0) is 14.5. The fourth-order valence-electron chi connectivity index (χ4n) is 1.89. The standard InChI is InChI=1S/C15H16FN3S/c1-10-8-12(15(17)20)9-14(19-10)18-7-6-11-2-4-13(16)5-3-11/h2-5,8-9H,6-7H2,1H3,(H2,17,20)(H,18,19). The molecule has 20 heavy (non-hydrogen) atoms. The van der Waals surface area contributed by atoms with E-state index in [4.69, 9.17) is 18.0 Å². The van der Waals surface area contributed by atoms with Crippen molar-refractivity contribution in [3.63, 3.8) is 0 Å². The minimum Gasteiger partial charge on any atom is -0.389 e. The molecule has 1 heterocycles. The topological polar surface area (TPSA) is 50.9 Å². The van der Waals surface area contributed by atoms with Gasteiger partial charge >= 0.3 is 0 Å². The zero-order valence-electron chi connectivity index (χ0n) is 11.2. The molecule has 0 spiro atoms. The van der Waals surface area contributed by atoms with Crippen LogP contribution in [0.25, 0.3) is 0 Å². The van der Waals surface area contributed by atoms with Crippen LogP contribution in [-0.2, 0) is 6.42 Å². The maximum Gasteiger partial charge on any atom is 0.126 e. The lowest BCUT2D eigenvalue weighted by atomic mass is 10.1. The second kappa shape index (κ2) is 6.43. The molecular weight excluding hydrogens is 273 g/mol. The molecule has 5 heteroatoms. The van der Waals surface area contributed by atoms with Crippen molar-refractivity contribution in [3.8, 4) is 0 Å². The Labute approximate surface area is 123 Å². The second-order valence-corrected chi connectivity index (χ2v) is 4.99. The number of nitrogens with two attached hydrogens (primary N) is 1. The SMILES string of the molecule is Cc1cc(C(N)=S)cc(NCCc2ccc(F)cc2)n1. The fraction of sp³-hybridized carbons (Fsp3) is 0.200. The predicted octanol–water partition coefficient (Wildman–Crippen LogP) is 2.82. The second-order valence-electron chi connectivity index (χ2n) is 4.55. The van der Waals surface area contributed by atoms with Crippen LogP contribution >= 0.6 is 12.2 Å². The molecule has 0 aliphatic heterocycles. The number of nitrogens with zero attached hydrogens (tertiary/aromatic N) is 1. The number of rotatable bonds is 5. The van der Waals surface area contributed by atoms with Gasteiger partial charge in [-0.15, -0.1) is 0 Å². The van der Waals surface area contributed by atoms with E-state index in [1.807, 2.05) is 19.1 Å². The van der Waals surface area contributed by atoms with Crippen LogP contribution in [0, 0.1) is 12.7 Å². The molecule has 0 saturated carbocycles. The Morgan fingerprint density at radius 1 is 1.30 bits per heavy atom. The quantitative estimate of drug-likeness (QED) is 0.831. The summed E-state index contributed by atoms with van der Waals surface area (Å²) in [5, 5.41) is 3.22. The number of hydrogen-bond acceptors (Lipinski definition) is 3. The average Bonchev–Trinajstić information content (AvgIpc) is 2.40. The number of hydrogen-bond donors (Lipinski definition) is 2. The van der Waals surface area contributed by atoms with E-state index in [0.29, 0.717) is 11.5 Å². The normalized spacial score (nSPS) is 10.3. The minimum absolute atomic E-state index is 0.219. The van der Waals surface area contributed by atoms with E-state index in [1.165, 1.54) is 12.1 Å². The highest BCUT2D eigenvalue weighted by molar-refractivity contribution is 7.80. The van der Waals surface area contributed by atoms with Gasteiger partial charge in [0.25, 0.3) is 0 Å². The highest BCUT2D eigenvalue weighted by Crippen LogP contribution is 2.11. The van der Waals surface area contributed by atoms with Crippen LogP contribution in [0.15, 0.2) is 36.4 Å². The maximum atomic E-state index is 12.8. The molecule has 104 valence electrons. The molecule has 2 rings (SSSR count). The van der Waals surface area contributed by atoms with E-state index in [2.05, 4.69) is 10.3 Å². The van der Waals surface area contributed by atoms with Crippen LogP contribution in [0.3, 0.4) is 0 Å². The van der Waals surface area contributed by atoms with E-state index in [-0.39, 0.29) is 5.82 Å². The third-order valence-corrected chi connectivity index (χ3v) is 3.11. The maximum absolute atomic E-state index is 12.8. The Kier molecular flexibility index (Phi) is 4.63. The molecule has 2 aromatic rings. The summed E-state index contributed by atoms with van der Waals surface area (Å²) >= 11 is 4.97. The summed E-state index contributed by atoms with van der Waals surface area (Å²) < 4.78 is 12.8. The first-order valence-electron chi connectivity index (χ1n) is 6.31. The largest absolute Gasteiger partial charge is 0.389 e. The van der Waals surface area contributed by atoms with Gasteiger partial charge in [0.15, 0.2) is 0 Å². The van der Waals surface area contributed by atoms with Crippen LogP contribution < -0.4 is 11.1 Å². The van der Waals surface area contributed by atoms with Gasteiger partial charge in [-0.2, -0.15) is 0 Å². The summed E-state index contributed by atoms with van der Waals surface area (Å²) in [5.74, 6) is 0.526. The third-order valence-electron chi connectivity index (χ3n) is 2.87. The number of thiocarbonyl (C=S) groups is 1. The molecule has 0 atom stereocenters. The number of aromatic nitrogens is 1. The number of benzene rings is 1. The summed E-state index contributed by atoms with van der Waals surface area (Å²) in [4.78, 5) is 4.73. The molecule has 0 amide bonds. The minimum atomic E-state index is -0.219. The van der Waals surface area contributed by atoms with Gasteiger partial charge in [-0.3, -0.25) is 0 Å². The van der Waals surface area contributed by atoms with E-state index >= 15 is 0 Å². The monoisotopic (exact) mass is 289 g/mol. The lowest BCUT2D eigenvalue weighted by molar-refractivity contribution is 0.627. The molecule has 0 bridgehead atoms. The molecule has 1 aromatic carbocycles. The van der Waals surface area contributed by atoms with Crippen molar-refractivity contribution in [1.29, 1.82) is 0 Å². The van der Waals surface area contributed by atoms with Crippen LogP contribution in [0.2, 0.25) is 0 Å². The molecule has 3 N–H and O–H groups in total. The summed E-state index contributed by atoms with van der Waals surface area (Å²) in [6.45, 7) is 2.60. The molecule has 0 aliphatic carbocycles. The smallest absolute Gasteiger partial charge is 0.126 e. The molecule has 0 fully saturated rings. The molecule has 0 saturated heterocycles.